The molecular weight excluding hydrogens is 338 g/mol. The van der Waals surface area contributed by atoms with Crippen molar-refractivity contribution in [2.24, 2.45) is 0 Å². The van der Waals surface area contributed by atoms with E-state index in [0.29, 0.717) is 17.3 Å². The maximum Gasteiger partial charge on any atom is 0.262 e. The highest BCUT2D eigenvalue weighted by atomic mass is 32.2. The van der Waals surface area contributed by atoms with Gasteiger partial charge < -0.3 is 10.6 Å². The highest BCUT2D eigenvalue weighted by Crippen LogP contribution is 2.27. The molecule has 7 heteroatoms. The monoisotopic (exact) mass is 359 g/mol. The van der Waals surface area contributed by atoms with Gasteiger partial charge in [0.05, 0.1) is 5.69 Å². The summed E-state index contributed by atoms with van der Waals surface area (Å²) in [7, 11) is -3.74. The van der Waals surface area contributed by atoms with E-state index >= 15 is 0 Å². The van der Waals surface area contributed by atoms with Crippen molar-refractivity contribution in [3.05, 3.63) is 53.6 Å². The Morgan fingerprint density at radius 3 is 2.44 bits per heavy atom. The summed E-state index contributed by atoms with van der Waals surface area (Å²) in [5.74, 6) is -0.0654. The van der Waals surface area contributed by atoms with Crippen LogP contribution in [0.4, 0.5) is 11.4 Å². The summed E-state index contributed by atoms with van der Waals surface area (Å²) in [5.41, 5.74) is 3.12. The molecule has 1 aliphatic rings. The summed E-state index contributed by atoms with van der Waals surface area (Å²) in [5, 5.41) is 5.67. The summed E-state index contributed by atoms with van der Waals surface area (Å²) >= 11 is 0. The first-order valence-electron chi connectivity index (χ1n) is 8.06. The molecule has 2 aromatic carbocycles. The van der Waals surface area contributed by atoms with E-state index in [0.717, 1.165) is 5.56 Å². The molecule has 1 amide bonds. The molecule has 0 saturated carbocycles. The van der Waals surface area contributed by atoms with Crippen molar-refractivity contribution in [3.8, 4) is 0 Å². The lowest BCUT2D eigenvalue weighted by atomic mass is 10.0. The van der Waals surface area contributed by atoms with Gasteiger partial charge in [-0.05, 0) is 48.2 Å². The Hall–Kier alpha value is -2.38. The maximum absolute atomic E-state index is 12.5. The smallest absolute Gasteiger partial charge is 0.262 e. The van der Waals surface area contributed by atoms with Gasteiger partial charge in [0.25, 0.3) is 5.91 Å². The number of hydrogen-bond donors (Lipinski definition) is 3. The van der Waals surface area contributed by atoms with Crippen LogP contribution in [0.1, 0.15) is 30.9 Å². The molecule has 0 aromatic heterocycles. The van der Waals surface area contributed by atoms with Crippen LogP contribution >= 0.6 is 0 Å². The number of amides is 1. The fraction of sp³-hybridized carbons (Fsp3) is 0.278. The van der Waals surface area contributed by atoms with Gasteiger partial charge in [0.1, 0.15) is 4.90 Å². The van der Waals surface area contributed by atoms with Gasteiger partial charge in [0, 0.05) is 5.69 Å². The number of carbonyl (C=O) groups excluding carboxylic acids is 1. The van der Waals surface area contributed by atoms with Crippen LogP contribution in [0.3, 0.4) is 0 Å². The molecule has 2 aromatic rings. The molecule has 1 heterocycles. The number of hydrogen-bond acceptors (Lipinski definition) is 4. The van der Waals surface area contributed by atoms with Crippen LogP contribution in [0.2, 0.25) is 0 Å². The number of rotatable bonds is 3. The fourth-order valence-electron chi connectivity index (χ4n) is 2.68. The Balaban J connectivity index is 1.79. The number of fused-ring (bicyclic) bond motifs is 1. The summed E-state index contributed by atoms with van der Waals surface area (Å²) in [6, 6.07) is 12.5. The Bertz CT molecular complexity index is 906. The molecule has 0 unspecified atom stereocenters. The SMILES string of the molecule is Cc1ccc2c(c1)N[C@H](C(=O)Nc1ccc(C(C)C)cc1)NS2(=O)=O. The van der Waals surface area contributed by atoms with Crippen LogP contribution in [0.15, 0.2) is 47.4 Å². The second-order valence-corrected chi connectivity index (χ2v) is 8.15. The Morgan fingerprint density at radius 1 is 1.12 bits per heavy atom. The van der Waals surface area contributed by atoms with E-state index in [-0.39, 0.29) is 4.90 Å². The minimum Gasteiger partial charge on any atom is -0.360 e. The lowest BCUT2D eigenvalue weighted by Gasteiger charge is -2.27. The standard InChI is InChI=1S/C18H21N3O3S/c1-11(2)13-5-7-14(8-6-13)19-18(22)17-20-15-10-12(3)4-9-16(15)25(23,24)21-17/h4-11,17,20-21H,1-3H3,(H,19,22)/t17-/m0/s1. The molecule has 0 spiro atoms. The number of sulfonamides is 1. The van der Waals surface area contributed by atoms with Crippen LogP contribution in [0, 0.1) is 6.92 Å². The Kier molecular flexibility index (Phi) is 4.53. The van der Waals surface area contributed by atoms with E-state index in [1.54, 1.807) is 12.1 Å². The summed E-state index contributed by atoms with van der Waals surface area (Å²) < 4.78 is 27.0. The first-order chi connectivity index (χ1) is 11.8. The summed E-state index contributed by atoms with van der Waals surface area (Å²) in [4.78, 5) is 12.6. The zero-order valence-electron chi connectivity index (χ0n) is 14.3. The van der Waals surface area contributed by atoms with Gasteiger partial charge in [-0.15, -0.1) is 0 Å². The van der Waals surface area contributed by atoms with Crippen molar-refractivity contribution in [1.29, 1.82) is 0 Å². The minimum absolute atomic E-state index is 0.142. The number of anilines is 2. The van der Waals surface area contributed by atoms with Crippen LogP contribution < -0.4 is 15.4 Å². The second kappa shape index (κ2) is 6.50. The van der Waals surface area contributed by atoms with Gasteiger partial charge in [0.15, 0.2) is 6.17 Å². The van der Waals surface area contributed by atoms with Crippen LogP contribution in [-0.4, -0.2) is 20.5 Å². The number of carbonyl (C=O) groups is 1. The molecular formula is C18H21N3O3S. The number of nitrogens with one attached hydrogen (secondary N) is 3. The maximum atomic E-state index is 12.5. The largest absolute Gasteiger partial charge is 0.360 e. The van der Waals surface area contributed by atoms with Crippen molar-refractivity contribution in [1.82, 2.24) is 4.72 Å². The number of aryl methyl sites for hydroxylation is 1. The highest BCUT2D eigenvalue weighted by molar-refractivity contribution is 7.89. The van der Waals surface area contributed by atoms with Crippen LogP contribution in [0.5, 0.6) is 0 Å². The van der Waals surface area contributed by atoms with Crippen molar-refractivity contribution < 1.29 is 13.2 Å². The number of benzene rings is 2. The lowest BCUT2D eigenvalue weighted by Crippen LogP contribution is -2.51. The Morgan fingerprint density at radius 2 is 1.80 bits per heavy atom. The normalized spacial score (nSPS) is 18.3. The van der Waals surface area contributed by atoms with Gasteiger partial charge in [-0.3, -0.25) is 4.79 Å². The third kappa shape index (κ3) is 3.67. The van der Waals surface area contributed by atoms with Crippen molar-refractivity contribution in [2.45, 2.75) is 37.8 Å². The summed E-state index contributed by atoms with van der Waals surface area (Å²) in [6.45, 7) is 6.05. The van der Waals surface area contributed by atoms with Gasteiger partial charge in [-0.25, -0.2) is 8.42 Å². The molecule has 3 N–H and O–H groups in total. The Labute approximate surface area is 147 Å². The molecule has 3 rings (SSSR count). The first kappa shape index (κ1) is 17.4. The van der Waals surface area contributed by atoms with Crippen LogP contribution in [0.25, 0.3) is 0 Å². The van der Waals surface area contributed by atoms with Crippen molar-refractivity contribution >= 4 is 27.3 Å². The van der Waals surface area contributed by atoms with E-state index in [1.165, 1.54) is 11.6 Å². The molecule has 1 aliphatic heterocycles. The topological polar surface area (TPSA) is 87.3 Å². The minimum atomic E-state index is -3.74. The molecule has 0 aliphatic carbocycles. The van der Waals surface area contributed by atoms with Crippen molar-refractivity contribution in [2.75, 3.05) is 10.6 Å². The van der Waals surface area contributed by atoms with Crippen LogP contribution in [-0.2, 0) is 14.8 Å². The van der Waals surface area contributed by atoms with E-state index in [2.05, 4.69) is 29.2 Å². The molecule has 0 saturated heterocycles. The molecule has 132 valence electrons. The zero-order chi connectivity index (χ0) is 18.2. The molecule has 0 fully saturated rings. The highest BCUT2D eigenvalue weighted by Gasteiger charge is 2.33. The van der Waals surface area contributed by atoms with Crippen molar-refractivity contribution in [3.63, 3.8) is 0 Å². The van der Waals surface area contributed by atoms with Gasteiger partial charge in [-0.1, -0.05) is 32.0 Å². The zero-order valence-corrected chi connectivity index (χ0v) is 15.1. The fourth-order valence-corrected chi connectivity index (χ4v) is 3.94. The molecule has 1 atom stereocenters. The first-order valence-corrected chi connectivity index (χ1v) is 9.55. The predicted octanol–water partition coefficient (Wildman–Crippen LogP) is 2.79. The molecule has 6 nitrogen and oxygen atoms in total. The average molecular weight is 359 g/mol. The van der Waals surface area contributed by atoms with E-state index in [1.807, 2.05) is 31.2 Å². The third-order valence-electron chi connectivity index (χ3n) is 4.10. The van der Waals surface area contributed by atoms with E-state index < -0.39 is 22.1 Å². The molecule has 0 bridgehead atoms. The lowest BCUT2D eigenvalue weighted by molar-refractivity contribution is -0.117. The van der Waals surface area contributed by atoms with E-state index in [9.17, 15) is 13.2 Å². The van der Waals surface area contributed by atoms with E-state index in [4.69, 9.17) is 0 Å². The predicted molar refractivity (Wildman–Crippen MR) is 98.1 cm³/mol. The third-order valence-corrected chi connectivity index (χ3v) is 5.59. The molecule has 25 heavy (non-hydrogen) atoms. The summed E-state index contributed by atoms with van der Waals surface area (Å²) in [6.07, 6.45) is -1.07. The van der Waals surface area contributed by atoms with Gasteiger partial charge in [0.2, 0.25) is 10.0 Å². The molecule has 0 radical (unpaired) electrons. The average Bonchev–Trinajstić information content (AvgIpc) is 2.54. The van der Waals surface area contributed by atoms with Gasteiger partial charge >= 0.3 is 0 Å². The van der Waals surface area contributed by atoms with Gasteiger partial charge in [-0.2, -0.15) is 4.72 Å². The second-order valence-electron chi connectivity index (χ2n) is 6.46. The quantitative estimate of drug-likeness (QED) is 0.786.